The van der Waals surface area contributed by atoms with Crippen molar-refractivity contribution in [1.82, 2.24) is 5.32 Å². The Balaban J connectivity index is 3.11. The van der Waals surface area contributed by atoms with E-state index in [1.807, 2.05) is 0 Å². The fourth-order valence-corrected chi connectivity index (χ4v) is 2.58. The third-order valence-corrected chi connectivity index (χ3v) is 4.45. The van der Waals surface area contributed by atoms with E-state index in [0.717, 1.165) is 25.3 Å². The number of amides is 1. The minimum Gasteiger partial charge on any atom is -0.467 e. The van der Waals surface area contributed by atoms with Crippen LogP contribution in [0.5, 0.6) is 5.75 Å². The lowest BCUT2D eigenvalue weighted by Crippen LogP contribution is -2.45. The summed E-state index contributed by atoms with van der Waals surface area (Å²) in [7, 11) is -4.83. The maximum absolute atomic E-state index is 12.5. The first kappa shape index (κ1) is 24.8. The lowest BCUT2D eigenvalue weighted by Gasteiger charge is -2.23. The van der Waals surface area contributed by atoms with Gasteiger partial charge < -0.3 is 19.0 Å². The minimum absolute atomic E-state index is 0.0124. The molecule has 8 nitrogen and oxygen atoms in total. The molecule has 13 heteroatoms. The smallest absolute Gasteiger partial charge is 0.467 e. The zero-order chi connectivity index (χ0) is 22.6. The molecule has 1 aromatic rings. The van der Waals surface area contributed by atoms with Gasteiger partial charge in [0.2, 0.25) is 0 Å². The number of benzene rings is 1. The van der Waals surface area contributed by atoms with Crippen molar-refractivity contribution in [1.29, 1.82) is 0 Å². The molecule has 0 unspecified atom stereocenters. The number of hydrogen-bond acceptors (Lipinski definition) is 7. The molecule has 0 aliphatic rings. The SMILES string of the molecule is COC(=O)[C@H](Cc1cc(OS(=O)(=O)C(F)(F)F)ccc1Cl)NC(=O)OC(C)(C)C. The van der Waals surface area contributed by atoms with Gasteiger partial charge in [-0.3, -0.25) is 0 Å². The second kappa shape index (κ2) is 9.08. The third-order valence-electron chi connectivity index (χ3n) is 3.11. The molecule has 29 heavy (non-hydrogen) atoms. The number of alkyl halides is 3. The Bertz CT molecular complexity index is 866. The van der Waals surface area contributed by atoms with Crippen LogP contribution in [0.15, 0.2) is 18.2 Å². The number of carbonyl (C=O) groups excluding carboxylic acids is 2. The highest BCUT2D eigenvalue weighted by Gasteiger charge is 2.48. The number of esters is 1. The fraction of sp³-hybridized carbons (Fsp3) is 0.500. The summed E-state index contributed by atoms with van der Waals surface area (Å²) in [4.78, 5) is 23.9. The van der Waals surface area contributed by atoms with Crippen LogP contribution in [0.4, 0.5) is 18.0 Å². The van der Waals surface area contributed by atoms with Gasteiger partial charge in [0, 0.05) is 11.4 Å². The molecule has 1 atom stereocenters. The first-order chi connectivity index (χ1) is 13.1. The molecule has 0 heterocycles. The average Bonchev–Trinajstić information content (AvgIpc) is 2.53. The van der Waals surface area contributed by atoms with Crippen LogP contribution < -0.4 is 9.50 Å². The van der Waals surface area contributed by atoms with Gasteiger partial charge in [0.25, 0.3) is 0 Å². The van der Waals surface area contributed by atoms with Crippen LogP contribution in [0.2, 0.25) is 5.02 Å². The second-order valence-electron chi connectivity index (χ2n) is 6.66. The summed E-state index contributed by atoms with van der Waals surface area (Å²) in [6.45, 7) is 4.79. The molecular formula is C16H19ClF3NO7S. The van der Waals surface area contributed by atoms with Crippen LogP contribution in [-0.4, -0.2) is 44.7 Å². The number of halogens is 4. The van der Waals surface area contributed by atoms with Gasteiger partial charge in [-0.25, -0.2) is 9.59 Å². The summed E-state index contributed by atoms with van der Waals surface area (Å²) in [5, 5.41) is 2.25. The van der Waals surface area contributed by atoms with E-state index >= 15 is 0 Å². The van der Waals surface area contributed by atoms with E-state index < -0.39 is 45.1 Å². The van der Waals surface area contributed by atoms with E-state index in [0.29, 0.717) is 0 Å². The Morgan fingerprint density at radius 2 is 1.79 bits per heavy atom. The van der Waals surface area contributed by atoms with Gasteiger partial charge in [0.15, 0.2) is 0 Å². The first-order valence-corrected chi connectivity index (χ1v) is 9.71. The number of hydrogen-bond donors (Lipinski definition) is 1. The van der Waals surface area contributed by atoms with Crippen LogP contribution in [-0.2, 0) is 30.8 Å². The van der Waals surface area contributed by atoms with Crippen LogP contribution in [0.3, 0.4) is 0 Å². The van der Waals surface area contributed by atoms with Crippen molar-refractivity contribution in [2.75, 3.05) is 7.11 Å². The Morgan fingerprint density at radius 3 is 2.28 bits per heavy atom. The van der Waals surface area contributed by atoms with Gasteiger partial charge in [-0.15, -0.1) is 0 Å². The lowest BCUT2D eigenvalue weighted by molar-refractivity contribution is -0.143. The van der Waals surface area contributed by atoms with Gasteiger partial charge in [-0.2, -0.15) is 21.6 Å². The van der Waals surface area contributed by atoms with Crippen molar-refractivity contribution in [3.05, 3.63) is 28.8 Å². The lowest BCUT2D eigenvalue weighted by atomic mass is 10.1. The van der Waals surface area contributed by atoms with E-state index in [1.165, 1.54) is 0 Å². The molecular weight excluding hydrogens is 443 g/mol. The molecule has 0 aliphatic heterocycles. The number of rotatable bonds is 6. The topological polar surface area (TPSA) is 108 Å². The third kappa shape index (κ3) is 7.61. The fourth-order valence-electron chi connectivity index (χ4n) is 1.94. The minimum atomic E-state index is -5.89. The molecule has 0 fully saturated rings. The quantitative estimate of drug-likeness (QED) is 0.394. The summed E-state index contributed by atoms with van der Waals surface area (Å²) >= 11 is 5.97. The second-order valence-corrected chi connectivity index (χ2v) is 8.61. The van der Waals surface area contributed by atoms with Crippen molar-refractivity contribution < 1.29 is 44.8 Å². The number of methoxy groups -OCH3 is 1. The van der Waals surface area contributed by atoms with Crippen LogP contribution in [0, 0.1) is 0 Å². The highest BCUT2D eigenvalue weighted by Crippen LogP contribution is 2.29. The summed E-state index contributed by atoms with van der Waals surface area (Å²) in [5.74, 6) is -1.57. The maximum Gasteiger partial charge on any atom is 0.534 e. The predicted octanol–water partition coefficient (Wildman–Crippen LogP) is 3.18. The largest absolute Gasteiger partial charge is 0.534 e. The summed E-state index contributed by atoms with van der Waals surface area (Å²) in [5.41, 5.74) is -6.46. The van der Waals surface area contributed by atoms with E-state index in [1.54, 1.807) is 20.8 Å². The average molecular weight is 462 g/mol. The number of nitrogens with one attached hydrogen (secondary N) is 1. The molecule has 1 amide bonds. The molecule has 0 saturated carbocycles. The van der Waals surface area contributed by atoms with Crippen molar-refractivity contribution >= 4 is 33.8 Å². The summed E-state index contributed by atoms with van der Waals surface area (Å²) in [6.07, 6.45) is -1.29. The Hall–Kier alpha value is -2.21. The van der Waals surface area contributed by atoms with Crippen molar-refractivity contribution in [2.24, 2.45) is 0 Å². The monoisotopic (exact) mass is 461 g/mol. The number of carbonyl (C=O) groups is 2. The molecule has 1 rings (SSSR count). The summed E-state index contributed by atoms with van der Waals surface area (Å²) < 4.78 is 73.4. The van der Waals surface area contributed by atoms with Crippen LogP contribution in [0.1, 0.15) is 26.3 Å². The highest BCUT2D eigenvalue weighted by molar-refractivity contribution is 7.88. The molecule has 0 radical (unpaired) electrons. The van der Waals surface area contributed by atoms with Gasteiger partial charge in [-0.1, -0.05) is 11.6 Å². The van der Waals surface area contributed by atoms with E-state index in [9.17, 15) is 31.2 Å². The number of ether oxygens (including phenoxy) is 2. The van der Waals surface area contributed by atoms with Gasteiger partial charge in [-0.05, 0) is 44.5 Å². The summed E-state index contributed by atoms with van der Waals surface area (Å²) in [6, 6.07) is 1.57. The molecule has 0 saturated heterocycles. The zero-order valence-corrected chi connectivity index (χ0v) is 17.4. The van der Waals surface area contributed by atoms with Crippen molar-refractivity contribution in [3.8, 4) is 5.75 Å². The number of alkyl carbamates (subject to hydrolysis) is 1. The normalized spacial score (nSPS) is 13.4. The van der Waals surface area contributed by atoms with E-state index in [-0.39, 0.29) is 17.0 Å². The van der Waals surface area contributed by atoms with Gasteiger partial charge in [0.05, 0.1) is 7.11 Å². The Kier molecular flexibility index (Phi) is 7.77. The predicted molar refractivity (Wildman–Crippen MR) is 95.9 cm³/mol. The molecule has 1 N–H and O–H groups in total. The molecule has 0 bridgehead atoms. The molecule has 0 aliphatic carbocycles. The Morgan fingerprint density at radius 1 is 1.21 bits per heavy atom. The molecule has 1 aromatic carbocycles. The maximum atomic E-state index is 12.5. The molecule has 0 aromatic heterocycles. The first-order valence-electron chi connectivity index (χ1n) is 7.92. The van der Waals surface area contributed by atoms with E-state index in [4.69, 9.17) is 16.3 Å². The van der Waals surface area contributed by atoms with E-state index in [2.05, 4.69) is 14.2 Å². The zero-order valence-electron chi connectivity index (χ0n) is 15.8. The van der Waals surface area contributed by atoms with Crippen LogP contribution >= 0.6 is 11.6 Å². The highest BCUT2D eigenvalue weighted by atomic mass is 35.5. The van der Waals surface area contributed by atoms with Crippen molar-refractivity contribution in [3.63, 3.8) is 0 Å². The van der Waals surface area contributed by atoms with Crippen LogP contribution in [0.25, 0.3) is 0 Å². The standard InChI is InChI=1S/C16H19ClF3NO7S/c1-15(2,3)27-14(23)21-12(13(22)26-4)8-9-7-10(5-6-11(9)17)28-29(24,25)16(18,19)20/h5-7,12H,8H2,1-4H3,(H,21,23)/t12-/m0/s1. The van der Waals surface area contributed by atoms with Crippen molar-refractivity contribution in [2.45, 2.75) is 44.3 Å². The van der Waals surface area contributed by atoms with Gasteiger partial charge in [0.1, 0.15) is 17.4 Å². The Labute approximate surface area is 170 Å². The molecule has 164 valence electrons. The molecule has 0 spiro atoms. The van der Waals surface area contributed by atoms with Gasteiger partial charge >= 0.3 is 27.7 Å².